The molecule has 0 spiro atoms. The maximum Gasteiger partial charge on any atom is 0.355 e. The highest BCUT2D eigenvalue weighted by Gasteiger charge is 2.34. The Kier molecular flexibility index (Phi) is 5.52. The lowest BCUT2D eigenvalue weighted by Crippen LogP contribution is -2.39. The van der Waals surface area contributed by atoms with Gasteiger partial charge in [-0.25, -0.2) is 18.4 Å². The number of hydrogen-bond acceptors (Lipinski definition) is 6. The molecule has 0 saturated heterocycles. The van der Waals surface area contributed by atoms with Crippen LogP contribution in [0.1, 0.15) is 0 Å². The monoisotopic (exact) mass is 439 g/mol. The smallest absolute Gasteiger partial charge is 0.355 e. The fraction of sp³-hybridized carbons (Fsp3) is 0.286. The van der Waals surface area contributed by atoms with Gasteiger partial charge in [0.2, 0.25) is 0 Å². The number of halogens is 3. The Morgan fingerprint density at radius 2 is 1.78 bits per heavy atom. The van der Waals surface area contributed by atoms with Crippen molar-refractivity contribution in [1.82, 2.24) is 0 Å². The molecule has 0 aromatic heterocycles. The fourth-order valence-electron chi connectivity index (χ4n) is 2.08. The summed E-state index contributed by atoms with van der Waals surface area (Å²) < 4.78 is 42.4. The molecule has 1 aliphatic rings. The molecule has 1 heterocycles. The Morgan fingerprint density at radius 3 is 2.39 bits per heavy atom. The first-order valence-corrected chi connectivity index (χ1v) is 7.38. The molecule has 0 unspecified atom stereocenters. The second-order valence-electron chi connectivity index (χ2n) is 4.41. The molecule has 1 aromatic carbocycles. The molecule has 0 atom stereocenters. The number of methoxy groups -OCH3 is 2. The lowest BCUT2D eigenvalue weighted by atomic mass is 10.1. The molecular weight excluding hydrogens is 427 g/mol. The van der Waals surface area contributed by atoms with Gasteiger partial charge in [0.25, 0.3) is 0 Å². The fourth-order valence-corrected chi connectivity index (χ4v) is 2.81. The van der Waals surface area contributed by atoms with Crippen LogP contribution in [0.4, 0.5) is 14.5 Å². The summed E-state index contributed by atoms with van der Waals surface area (Å²) in [6.45, 7) is -0.456. The molecule has 0 aliphatic carbocycles. The van der Waals surface area contributed by atoms with Crippen molar-refractivity contribution in [2.75, 3.05) is 32.5 Å². The minimum atomic E-state index is -0.881. The number of anilines is 1. The third-order valence-electron chi connectivity index (χ3n) is 3.12. The van der Waals surface area contributed by atoms with E-state index in [-0.39, 0.29) is 33.9 Å². The average Bonchev–Trinajstić information content (AvgIpc) is 2.56. The van der Waals surface area contributed by atoms with Gasteiger partial charge in [-0.1, -0.05) is 0 Å². The van der Waals surface area contributed by atoms with Crippen LogP contribution in [0.2, 0.25) is 0 Å². The largest absolute Gasteiger partial charge is 0.466 e. The number of rotatable bonds is 3. The highest BCUT2D eigenvalue weighted by atomic mass is 127. The summed E-state index contributed by atoms with van der Waals surface area (Å²) in [5, 5.41) is 0. The number of carbonyl (C=O) groups is 2. The SMILES string of the molecule is COC(=O)C1=C(C(=O)OC)N(c2c(F)ccc(F)c2I)COC1. The Morgan fingerprint density at radius 1 is 1.17 bits per heavy atom. The summed E-state index contributed by atoms with van der Waals surface area (Å²) in [4.78, 5) is 25.0. The second kappa shape index (κ2) is 7.21. The molecular formula is C14H12F2INO5. The van der Waals surface area contributed by atoms with E-state index < -0.39 is 23.6 Å². The molecule has 0 saturated carbocycles. The summed E-state index contributed by atoms with van der Waals surface area (Å²) in [6.07, 6.45) is 0. The van der Waals surface area contributed by atoms with Crippen molar-refractivity contribution < 1.29 is 32.6 Å². The molecule has 0 N–H and O–H groups in total. The molecule has 6 nitrogen and oxygen atoms in total. The number of esters is 2. The standard InChI is InChI=1S/C14H12F2INO5/c1-21-13(19)7-5-23-6-18(11(7)14(20)22-2)12-9(16)4-3-8(15)10(12)17/h3-4H,5-6H2,1-2H3. The van der Waals surface area contributed by atoms with Gasteiger partial charge in [0, 0.05) is 0 Å². The highest BCUT2D eigenvalue weighted by molar-refractivity contribution is 14.1. The van der Waals surface area contributed by atoms with Gasteiger partial charge in [0.1, 0.15) is 24.1 Å². The zero-order valence-electron chi connectivity index (χ0n) is 12.2. The van der Waals surface area contributed by atoms with Crippen LogP contribution in [0.3, 0.4) is 0 Å². The molecule has 0 fully saturated rings. The molecule has 9 heteroatoms. The average molecular weight is 439 g/mol. The molecule has 2 rings (SSSR count). The third kappa shape index (κ3) is 3.29. The van der Waals surface area contributed by atoms with E-state index in [4.69, 9.17) is 4.74 Å². The van der Waals surface area contributed by atoms with Crippen molar-refractivity contribution >= 4 is 40.2 Å². The van der Waals surface area contributed by atoms with E-state index in [2.05, 4.69) is 9.47 Å². The van der Waals surface area contributed by atoms with Gasteiger partial charge in [-0.2, -0.15) is 0 Å². The van der Waals surface area contributed by atoms with Crippen LogP contribution >= 0.6 is 22.6 Å². The van der Waals surface area contributed by atoms with Crippen LogP contribution in [0, 0.1) is 15.2 Å². The van der Waals surface area contributed by atoms with E-state index in [1.54, 1.807) is 22.6 Å². The van der Waals surface area contributed by atoms with Gasteiger partial charge in [-0.3, -0.25) is 0 Å². The molecule has 0 radical (unpaired) electrons. The highest BCUT2D eigenvalue weighted by Crippen LogP contribution is 2.33. The van der Waals surface area contributed by atoms with Gasteiger partial charge in [-0.05, 0) is 34.7 Å². The lowest BCUT2D eigenvalue weighted by molar-refractivity contribution is -0.140. The number of carbonyl (C=O) groups excluding carboxylic acids is 2. The van der Waals surface area contributed by atoms with E-state index in [9.17, 15) is 18.4 Å². The van der Waals surface area contributed by atoms with Gasteiger partial charge in [-0.15, -0.1) is 0 Å². The zero-order valence-corrected chi connectivity index (χ0v) is 14.3. The van der Waals surface area contributed by atoms with Crippen LogP contribution in [-0.2, 0) is 23.8 Å². The molecule has 1 aliphatic heterocycles. The Labute approximate surface area is 144 Å². The lowest BCUT2D eigenvalue weighted by Gasteiger charge is -2.32. The molecule has 0 bridgehead atoms. The van der Waals surface area contributed by atoms with Gasteiger partial charge in [0.15, 0.2) is 0 Å². The van der Waals surface area contributed by atoms with Gasteiger partial charge >= 0.3 is 11.9 Å². The van der Waals surface area contributed by atoms with Crippen molar-refractivity contribution in [1.29, 1.82) is 0 Å². The quantitative estimate of drug-likeness (QED) is 0.408. The first kappa shape index (κ1) is 17.6. The third-order valence-corrected chi connectivity index (χ3v) is 4.15. The first-order valence-electron chi connectivity index (χ1n) is 6.30. The molecule has 0 amide bonds. The maximum absolute atomic E-state index is 14.2. The molecule has 23 heavy (non-hydrogen) atoms. The molecule has 1 aromatic rings. The maximum atomic E-state index is 14.2. The van der Waals surface area contributed by atoms with Crippen LogP contribution in [-0.4, -0.2) is 39.5 Å². The Bertz CT molecular complexity index is 692. The van der Waals surface area contributed by atoms with E-state index in [1.165, 1.54) is 0 Å². The van der Waals surface area contributed by atoms with E-state index in [0.717, 1.165) is 31.3 Å². The van der Waals surface area contributed by atoms with Crippen LogP contribution in [0.25, 0.3) is 0 Å². The summed E-state index contributed by atoms with van der Waals surface area (Å²) in [5.41, 5.74) is -0.592. The van der Waals surface area contributed by atoms with Gasteiger partial charge < -0.3 is 19.1 Å². The van der Waals surface area contributed by atoms with Crippen LogP contribution in [0.5, 0.6) is 0 Å². The van der Waals surface area contributed by atoms with Crippen molar-refractivity contribution in [2.45, 2.75) is 0 Å². The first-order chi connectivity index (χ1) is 10.9. The van der Waals surface area contributed by atoms with Crippen LogP contribution in [0.15, 0.2) is 23.4 Å². The predicted octanol–water partition coefficient (Wildman–Crippen LogP) is 1.96. The number of ether oxygens (including phenoxy) is 3. The topological polar surface area (TPSA) is 65.1 Å². The van der Waals surface area contributed by atoms with Crippen LogP contribution < -0.4 is 4.90 Å². The van der Waals surface area contributed by atoms with Crippen molar-refractivity contribution in [2.24, 2.45) is 0 Å². The predicted molar refractivity (Wildman–Crippen MR) is 83.4 cm³/mol. The summed E-state index contributed by atoms with van der Waals surface area (Å²) in [7, 11) is 2.25. The molecule has 124 valence electrons. The summed E-state index contributed by atoms with van der Waals surface area (Å²) in [6, 6.07) is 1.89. The number of nitrogens with zero attached hydrogens (tertiary/aromatic N) is 1. The van der Waals surface area contributed by atoms with Crippen molar-refractivity contribution in [3.63, 3.8) is 0 Å². The minimum absolute atomic E-state index is 0.0567. The number of hydrogen-bond donors (Lipinski definition) is 0. The van der Waals surface area contributed by atoms with Gasteiger partial charge in [0.05, 0.1) is 35.7 Å². The Balaban J connectivity index is 2.68. The van der Waals surface area contributed by atoms with E-state index in [1.807, 2.05) is 0 Å². The minimum Gasteiger partial charge on any atom is -0.466 e. The second-order valence-corrected chi connectivity index (χ2v) is 5.49. The van der Waals surface area contributed by atoms with E-state index in [0.29, 0.717) is 0 Å². The zero-order chi connectivity index (χ0) is 17.1. The van der Waals surface area contributed by atoms with Crippen molar-refractivity contribution in [3.05, 3.63) is 38.6 Å². The summed E-state index contributed by atoms with van der Waals surface area (Å²) >= 11 is 1.61. The number of benzene rings is 1. The normalized spacial score (nSPS) is 14.7. The van der Waals surface area contributed by atoms with Crippen molar-refractivity contribution in [3.8, 4) is 0 Å². The van der Waals surface area contributed by atoms with E-state index >= 15 is 0 Å². The Hall–Kier alpha value is -1.75. The summed E-state index contributed by atoms with van der Waals surface area (Å²) in [5.74, 6) is -3.14.